The molecule has 0 spiro atoms. The number of halogens is 1. The van der Waals surface area contributed by atoms with Crippen molar-refractivity contribution in [3.8, 4) is 0 Å². The summed E-state index contributed by atoms with van der Waals surface area (Å²) in [6.45, 7) is 6.01. The van der Waals surface area contributed by atoms with E-state index in [2.05, 4.69) is 6.92 Å². The Hall–Kier alpha value is -0.540. The lowest BCUT2D eigenvalue weighted by Crippen LogP contribution is -2.30. The number of carbonyl (C=O) groups is 1. The average molecular weight is 390 g/mol. The van der Waals surface area contributed by atoms with Gasteiger partial charge in [0.25, 0.3) is 0 Å². The summed E-state index contributed by atoms with van der Waals surface area (Å²) in [5, 5.41) is 0. The van der Waals surface area contributed by atoms with Crippen LogP contribution in [-0.2, 0) is 9.53 Å². The van der Waals surface area contributed by atoms with Gasteiger partial charge in [-0.1, -0.05) is 83.6 Å². The lowest BCUT2D eigenvalue weighted by Gasteiger charge is -2.19. The maximum absolute atomic E-state index is 11.9. The molecule has 0 bridgehead atoms. The van der Waals surface area contributed by atoms with Crippen LogP contribution >= 0.6 is 12.4 Å². The lowest BCUT2D eigenvalue weighted by molar-refractivity contribution is -0.150. The van der Waals surface area contributed by atoms with Gasteiger partial charge in [0.15, 0.2) is 6.23 Å². The van der Waals surface area contributed by atoms with Gasteiger partial charge in [0, 0.05) is 5.57 Å². The number of nitrogens with zero attached hydrogens (tertiary/aromatic N) is 1. The lowest BCUT2D eigenvalue weighted by atomic mass is 10.0. The highest BCUT2D eigenvalue weighted by Gasteiger charge is 2.12. The molecule has 0 aliphatic carbocycles. The van der Waals surface area contributed by atoms with Gasteiger partial charge in [-0.2, -0.15) is 0 Å². The fourth-order valence-electron chi connectivity index (χ4n) is 2.74. The van der Waals surface area contributed by atoms with Crippen LogP contribution in [0.25, 0.3) is 0 Å². The second-order valence-electron chi connectivity index (χ2n) is 7.53. The van der Waals surface area contributed by atoms with Gasteiger partial charge in [-0.15, -0.1) is 12.4 Å². The number of hydrogen-bond donors (Lipinski definition) is 0. The van der Waals surface area contributed by atoms with E-state index in [0.29, 0.717) is 0 Å². The van der Waals surface area contributed by atoms with Crippen LogP contribution < -0.4 is 0 Å². The summed E-state index contributed by atoms with van der Waals surface area (Å²) in [7, 11) is 3.81. The van der Waals surface area contributed by atoms with Gasteiger partial charge in [-0.25, -0.2) is 4.79 Å². The number of allylic oxidation sites excluding steroid dienone is 1. The zero-order valence-corrected chi connectivity index (χ0v) is 18.8. The summed E-state index contributed by atoms with van der Waals surface area (Å²) >= 11 is 0. The van der Waals surface area contributed by atoms with E-state index in [4.69, 9.17) is 4.74 Å². The number of carbonyl (C=O) groups excluding carboxylic acids is 1. The molecule has 0 saturated carbocycles. The zero-order chi connectivity index (χ0) is 18.9. The first kappa shape index (κ1) is 27.7. The topological polar surface area (TPSA) is 29.5 Å². The predicted octanol–water partition coefficient (Wildman–Crippen LogP) is 6.90. The molecule has 0 N–H and O–H groups in total. The molecule has 1 unspecified atom stereocenters. The molecule has 0 rings (SSSR count). The van der Waals surface area contributed by atoms with Crippen molar-refractivity contribution in [2.45, 2.75) is 110 Å². The van der Waals surface area contributed by atoms with Gasteiger partial charge in [-0.05, 0) is 40.8 Å². The van der Waals surface area contributed by atoms with Gasteiger partial charge in [0.1, 0.15) is 0 Å². The molecule has 0 saturated heterocycles. The third-order valence-electron chi connectivity index (χ3n) is 4.83. The van der Waals surface area contributed by atoms with Crippen molar-refractivity contribution in [3.05, 3.63) is 11.6 Å². The Kier molecular flexibility index (Phi) is 20.5. The second-order valence-corrected chi connectivity index (χ2v) is 7.53. The molecule has 0 heterocycles. The molecule has 4 heteroatoms. The molecular formula is C22H44ClNO2. The van der Waals surface area contributed by atoms with Crippen LogP contribution in [-0.4, -0.2) is 31.2 Å². The van der Waals surface area contributed by atoms with Crippen molar-refractivity contribution >= 4 is 18.4 Å². The first-order chi connectivity index (χ1) is 12.0. The molecule has 26 heavy (non-hydrogen) atoms. The van der Waals surface area contributed by atoms with Crippen molar-refractivity contribution in [2.75, 3.05) is 14.1 Å². The quantitative estimate of drug-likeness (QED) is 0.124. The van der Waals surface area contributed by atoms with E-state index in [-0.39, 0.29) is 24.6 Å². The molecule has 0 fully saturated rings. The van der Waals surface area contributed by atoms with E-state index in [1.807, 2.05) is 38.9 Å². The van der Waals surface area contributed by atoms with Crippen molar-refractivity contribution < 1.29 is 9.53 Å². The standard InChI is InChI=1S/C22H43NO2.ClH/c1-6-7-8-9-10-11-12-13-14-15-16-17-18-19-20(2)22(24)25-21(3)23(4)5;/h19,21H,6-18H2,1-5H3;1H. The highest BCUT2D eigenvalue weighted by atomic mass is 35.5. The van der Waals surface area contributed by atoms with Gasteiger partial charge in [-0.3, -0.25) is 4.90 Å². The van der Waals surface area contributed by atoms with Gasteiger partial charge in [0.2, 0.25) is 0 Å². The number of esters is 1. The first-order valence-electron chi connectivity index (χ1n) is 10.5. The molecule has 0 amide bonds. The fourth-order valence-corrected chi connectivity index (χ4v) is 2.74. The minimum Gasteiger partial charge on any atom is -0.443 e. The summed E-state index contributed by atoms with van der Waals surface area (Å²) in [5.74, 6) is -0.194. The largest absolute Gasteiger partial charge is 0.443 e. The number of rotatable bonds is 16. The van der Waals surface area contributed by atoms with E-state index < -0.39 is 0 Å². The number of ether oxygens (including phenoxy) is 1. The maximum Gasteiger partial charge on any atom is 0.334 e. The summed E-state index contributed by atoms with van der Waals surface area (Å²) in [5.41, 5.74) is 0.733. The smallest absolute Gasteiger partial charge is 0.334 e. The summed E-state index contributed by atoms with van der Waals surface area (Å²) < 4.78 is 5.36. The highest BCUT2D eigenvalue weighted by Crippen LogP contribution is 2.13. The Morgan fingerprint density at radius 3 is 1.73 bits per heavy atom. The van der Waals surface area contributed by atoms with Crippen molar-refractivity contribution in [1.29, 1.82) is 0 Å². The minimum atomic E-state index is -0.194. The monoisotopic (exact) mass is 389 g/mol. The van der Waals surface area contributed by atoms with Crippen LogP contribution in [0.2, 0.25) is 0 Å². The van der Waals surface area contributed by atoms with Crippen molar-refractivity contribution in [3.63, 3.8) is 0 Å². The molecule has 0 aromatic rings. The van der Waals surface area contributed by atoms with E-state index in [1.54, 1.807) is 0 Å². The van der Waals surface area contributed by atoms with Crippen LogP contribution in [0.5, 0.6) is 0 Å². The highest BCUT2D eigenvalue weighted by molar-refractivity contribution is 5.87. The van der Waals surface area contributed by atoms with E-state index in [1.165, 1.54) is 77.0 Å². The molecule has 1 atom stereocenters. The van der Waals surface area contributed by atoms with Crippen LogP contribution in [0, 0.1) is 0 Å². The molecule has 0 aliphatic rings. The van der Waals surface area contributed by atoms with Crippen molar-refractivity contribution in [2.24, 2.45) is 0 Å². The third-order valence-corrected chi connectivity index (χ3v) is 4.83. The molecule has 0 radical (unpaired) electrons. The number of unbranched alkanes of at least 4 members (excludes halogenated alkanes) is 12. The molecule has 156 valence electrons. The maximum atomic E-state index is 11.9. The Labute approximate surface area is 169 Å². The van der Waals surface area contributed by atoms with E-state index in [9.17, 15) is 4.79 Å². The molecule has 0 aromatic carbocycles. The second kappa shape index (κ2) is 19.2. The normalized spacial score (nSPS) is 12.8. The van der Waals surface area contributed by atoms with Crippen LogP contribution in [0.1, 0.15) is 104 Å². The Bertz CT molecular complexity index is 356. The molecule has 0 aliphatic heterocycles. The Balaban J connectivity index is 0. The molecular weight excluding hydrogens is 346 g/mol. The zero-order valence-electron chi connectivity index (χ0n) is 18.0. The summed E-state index contributed by atoms with van der Waals surface area (Å²) in [4.78, 5) is 13.8. The number of hydrogen-bond acceptors (Lipinski definition) is 3. The van der Waals surface area contributed by atoms with E-state index >= 15 is 0 Å². The van der Waals surface area contributed by atoms with Gasteiger partial charge < -0.3 is 4.74 Å². The van der Waals surface area contributed by atoms with Crippen LogP contribution in [0.3, 0.4) is 0 Å². The van der Waals surface area contributed by atoms with Gasteiger partial charge >= 0.3 is 5.97 Å². The summed E-state index contributed by atoms with van der Waals surface area (Å²) in [6, 6.07) is 0. The van der Waals surface area contributed by atoms with Crippen molar-refractivity contribution in [1.82, 2.24) is 4.90 Å². The van der Waals surface area contributed by atoms with Crippen LogP contribution in [0.4, 0.5) is 0 Å². The first-order valence-corrected chi connectivity index (χ1v) is 10.5. The van der Waals surface area contributed by atoms with E-state index in [0.717, 1.165) is 12.0 Å². The van der Waals surface area contributed by atoms with Gasteiger partial charge in [0.05, 0.1) is 0 Å². The molecule has 0 aromatic heterocycles. The summed E-state index contributed by atoms with van der Waals surface area (Å²) in [6.07, 6.45) is 19.2. The SMILES string of the molecule is CCCCCCCCCCCCCCC=C(C)C(=O)OC(C)N(C)C.Cl. The Morgan fingerprint density at radius 2 is 1.31 bits per heavy atom. The average Bonchev–Trinajstić information content (AvgIpc) is 2.58. The minimum absolute atomic E-state index is 0. The fraction of sp³-hybridized carbons (Fsp3) is 0.864. The molecule has 3 nitrogen and oxygen atoms in total. The van der Waals surface area contributed by atoms with Crippen LogP contribution in [0.15, 0.2) is 11.6 Å². The Morgan fingerprint density at radius 1 is 0.885 bits per heavy atom. The third kappa shape index (κ3) is 16.9. The predicted molar refractivity (Wildman–Crippen MR) is 116 cm³/mol.